The van der Waals surface area contributed by atoms with Crippen LogP contribution in [0.2, 0.25) is 0 Å². The van der Waals surface area contributed by atoms with Gasteiger partial charge in [0.05, 0.1) is 5.75 Å². The van der Waals surface area contributed by atoms with Crippen molar-refractivity contribution < 1.29 is 9.53 Å². The number of hydrogen-bond donors (Lipinski definition) is 0. The number of nitrogens with zero attached hydrogens (tertiary/aromatic N) is 4. The van der Waals surface area contributed by atoms with Crippen LogP contribution in [0.4, 0.5) is 0 Å². The molecular formula is C21H30N4O2S. The molecule has 0 unspecified atom stereocenters. The first-order chi connectivity index (χ1) is 13.5. The third-order valence-electron chi connectivity index (χ3n) is 5.43. The molecule has 2 aromatic rings. The van der Waals surface area contributed by atoms with E-state index in [1.807, 2.05) is 28.6 Å². The van der Waals surface area contributed by atoms with Crippen molar-refractivity contribution in [3.63, 3.8) is 0 Å². The van der Waals surface area contributed by atoms with Gasteiger partial charge in [-0.2, -0.15) is 0 Å². The van der Waals surface area contributed by atoms with Crippen molar-refractivity contribution >= 4 is 17.7 Å². The Kier molecular flexibility index (Phi) is 6.99. The number of hydrogen-bond acceptors (Lipinski definition) is 5. The van der Waals surface area contributed by atoms with Gasteiger partial charge in [-0.1, -0.05) is 30.8 Å². The third kappa shape index (κ3) is 4.87. The van der Waals surface area contributed by atoms with E-state index in [0.29, 0.717) is 24.4 Å². The number of carbonyl (C=O) groups excluding carboxylic acids is 1. The second kappa shape index (κ2) is 9.45. The Hall–Kier alpha value is -2.02. The number of benzene rings is 1. The van der Waals surface area contributed by atoms with Crippen molar-refractivity contribution in [1.29, 1.82) is 0 Å². The Bertz CT molecular complexity index is 780. The number of carbonyl (C=O) groups is 1. The summed E-state index contributed by atoms with van der Waals surface area (Å²) in [6.45, 7) is 6.77. The van der Waals surface area contributed by atoms with E-state index in [-0.39, 0.29) is 5.91 Å². The Morgan fingerprint density at radius 3 is 2.50 bits per heavy atom. The molecule has 1 aromatic carbocycles. The fourth-order valence-electron chi connectivity index (χ4n) is 3.68. The van der Waals surface area contributed by atoms with Crippen LogP contribution in [-0.4, -0.2) is 43.4 Å². The van der Waals surface area contributed by atoms with Crippen molar-refractivity contribution in [3.8, 4) is 5.75 Å². The van der Waals surface area contributed by atoms with Crippen LogP contribution in [0.15, 0.2) is 29.4 Å². The maximum absolute atomic E-state index is 12.7. The Labute approximate surface area is 171 Å². The molecule has 6 nitrogen and oxygen atoms in total. The number of rotatable bonds is 7. The number of amides is 1. The molecular weight excluding hydrogens is 372 g/mol. The predicted octanol–water partition coefficient (Wildman–Crippen LogP) is 3.84. The molecule has 2 heterocycles. The lowest BCUT2D eigenvalue weighted by Gasteiger charge is -2.39. The largest absolute Gasteiger partial charge is 0.486 e. The molecule has 0 radical (unpaired) electrons. The van der Waals surface area contributed by atoms with Crippen molar-refractivity contribution in [2.24, 2.45) is 7.05 Å². The summed E-state index contributed by atoms with van der Waals surface area (Å²) in [5, 5.41) is 9.20. The molecule has 0 aliphatic carbocycles. The van der Waals surface area contributed by atoms with Gasteiger partial charge in [0.25, 0.3) is 0 Å². The highest BCUT2D eigenvalue weighted by molar-refractivity contribution is 7.99. The normalized spacial score (nSPS) is 19.6. The molecule has 2 atom stereocenters. The average Bonchev–Trinajstić information content (AvgIpc) is 3.04. The molecule has 3 rings (SSSR count). The molecule has 0 bridgehead atoms. The molecule has 1 amide bonds. The molecule has 1 aliphatic rings. The van der Waals surface area contributed by atoms with Crippen molar-refractivity contribution in [2.45, 2.75) is 70.3 Å². The fourth-order valence-corrected chi connectivity index (χ4v) is 4.48. The summed E-state index contributed by atoms with van der Waals surface area (Å²) in [6.07, 6.45) is 4.39. The maximum atomic E-state index is 12.7. The summed E-state index contributed by atoms with van der Waals surface area (Å²) in [4.78, 5) is 14.7. The van der Waals surface area contributed by atoms with Gasteiger partial charge in [0.15, 0.2) is 11.0 Å². The molecule has 0 spiro atoms. The smallest absolute Gasteiger partial charge is 0.233 e. The first-order valence-corrected chi connectivity index (χ1v) is 11.0. The van der Waals surface area contributed by atoms with Crippen LogP contribution in [0.3, 0.4) is 0 Å². The van der Waals surface area contributed by atoms with E-state index in [1.165, 1.54) is 23.7 Å². The maximum Gasteiger partial charge on any atom is 0.233 e. The van der Waals surface area contributed by atoms with Gasteiger partial charge in [-0.25, -0.2) is 0 Å². The van der Waals surface area contributed by atoms with Crippen LogP contribution in [0.5, 0.6) is 5.75 Å². The van der Waals surface area contributed by atoms with Crippen molar-refractivity contribution in [2.75, 3.05) is 5.75 Å². The molecule has 152 valence electrons. The van der Waals surface area contributed by atoms with Gasteiger partial charge in [0, 0.05) is 19.1 Å². The van der Waals surface area contributed by atoms with Crippen molar-refractivity contribution in [1.82, 2.24) is 19.7 Å². The molecule has 0 saturated carbocycles. The van der Waals surface area contributed by atoms with Crippen LogP contribution in [0.25, 0.3) is 0 Å². The summed E-state index contributed by atoms with van der Waals surface area (Å²) in [6, 6.07) is 8.73. The van der Waals surface area contributed by atoms with E-state index in [1.54, 1.807) is 0 Å². The number of aryl methyl sites for hydroxylation is 1. The Morgan fingerprint density at radius 1 is 1.18 bits per heavy atom. The van der Waals surface area contributed by atoms with Crippen LogP contribution in [-0.2, 0) is 24.9 Å². The highest BCUT2D eigenvalue weighted by atomic mass is 32.2. The highest BCUT2D eigenvalue weighted by Gasteiger charge is 2.29. The lowest BCUT2D eigenvalue weighted by atomic mass is 9.98. The van der Waals surface area contributed by atoms with E-state index < -0.39 is 0 Å². The third-order valence-corrected chi connectivity index (χ3v) is 6.44. The second-order valence-electron chi connectivity index (χ2n) is 7.46. The lowest BCUT2D eigenvalue weighted by molar-refractivity contribution is -0.134. The fraction of sp³-hybridized carbons (Fsp3) is 0.571. The lowest BCUT2D eigenvalue weighted by Crippen LogP contribution is -2.48. The number of thioether (sulfide) groups is 1. The zero-order chi connectivity index (χ0) is 20.1. The SMILES string of the molecule is CCc1ccc(OCc2nnc(SCC(=O)N3[C@H](C)CCC[C@@H]3C)n2C)cc1. The summed E-state index contributed by atoms with van der Waals surface area (Å²) in [7, 11) is 1.91. The summed E-state index contributed by atoms with van der Waals surface area (Å²) in [5.74, 6) is 2.13. The number of piperidine rings is 1. The van der Waals surface area contributed by atoms with Crippen LogP contribution >= 0.6 is 11.8 Å². The van der Waals surface area contributed by atoms with E-state index >= 15 is 0 Å². The number of likely N-dealkylation sites (tertiary alicyclic amines) is 1. The monoisotopic (exact) mass is 402 g/mol. The molecule has 1 aliphatic heterocycles. The van der Waals surface area contributed by atoms with Gasteiger partial charge >= 0.3 is 0 Å². The zero-order valence-corrected chi connectivity index (χ0v) is 18.0. The van der Waals surface area contributed by atoms with E-state index in [4.69, 9.17) is 4.74 Å². The summed E-state index contributed by atoms with van der Waals surface area (Å²) >= 11 is 1.44. The highest BCUT2D eigenvalue weighted by Crippen LogP contribution is 2.25. The minimum absolute atomic E-state index is 0.182. The van der Waals surface area contributed by atoms with Gasteiger partial charge in [-0.3, -0.25) is 4.79 Å². The van der Waals surface area contributed by atoms with Crippen LogP contribution < -0.4 is 4.74 Å². The number of ether oxygens (including phenoxy) is 1. The molecule has 7 heteroatoms. The standard InChI is InChI=1S/C21H30N4O2S/c1-5-17-9-11-18(12-10-17)27-13-19-22-23-21(24(19)4)28-14-20(26)25-15(2)7-6-8-16(25)3/h9-12,15-16H,5-8,13-14H2,1-4H3/t15-,16+. The van der Waals surface area contributed by atoms with Crippen LogP contribution in [0.1, 0.15) is 51.4 Å². The summed E-state index contributed by atoms with van der Waals surface area (Å²) < 4.78 is 7.73. The van der Waals surface area contributed by atoms with Gasteiger partial charge in [0.2, 0.25) is 5.91 Å². The van der Waals surface area contributed by atoms with Crippen LogP contribution in [0, 0.1) is 0 Å². The number of aromatic nitrogens is 3. The molecule has 0 N–H and O–H groups in total. The van der Waals surface area contributed by atoms with Gasteiger partial charge in [-0.05, 0) is 57.2 Å². The molecule has 28 heavy (non-hydrogen) atoms. The van der Waals surface area contributed by atoms with Gasteiger partial charge in [-0.15, -0.1) is 10.2 Å². The van der Waals surface area contributed by atoms with Gasteiger partial charge in [0.1, 0.15) is 12.4 Å². The average molecular weight is 403 g/mol. The van der Waals surface area contributed by atoms with Crippen molar-refractivity contribution in [3.05, 3.63) is 35.7 Å². The Morgan fingerprint density at radius 2 is 1.86 bits per heavy atom. The van der Waals surface area contributed by atoms with E-state index in [0.717, 1.165) is 36.0 Å². The Balaban J connectivity index is 1.54. The quantitative estimate of drug-likeness (QED) is 0.659. The molecule has 1 saturated heterocycles. The van der Waals surface area contributed by atoms with Gasteiger partial charge < -0.3 is 14.2 Å². The first kappa shape index (κ1) is 20.7. The van der Waals surface area contributed by atoms with E-state index in [2.05, 4.69) is 43.1 Å². The molecule has 1 fully saturated rings. The first-order valence-electron chi connectivity index (χ1n) is 10.0. The minimum atomic E-state index is 0.182. The summed E-state index contributed by atoms with van der Waals surface area (Å²) in [5.41, 5.74) is 1.28. The topological polar surface area (TPSA) is 60.3 Å². The molecule has 1 aromatic heterocycles. The second-order valence-corrected chi connectivity index (χ2v) is 8.41. The zero-order valence-electron chi connectivity index (χ0n) is 17.2. The predicted molar refractivity (Wildman–Crippen MR) is 112 cm³/mol. The minimum Gasteiger partial charge on any atom is -0.486 e. The van der Waals surface area contributed by atoms with E-state index in [9.17, 15) is 4.79 Å².